The Bertz CT molecular complexity index is 220. The van der Waals surface area contributed by atoms with E-state index in [-0.39, 0.29) is 5.23 Å². The van der Waals surface area contributed by atoms with Crippen LogP contribution in [0.25, 0.3) is 0 Å². The van der Waals surface area contributed by atoms with Crippen molar-refractivity contribution < 1.29 is 10.4 Å². The normalized spacial score (nSPS) is 9.73. The van der Waals surface area contributed by atoms with Gasteiger partial charge < -0.3 is 5.73 Å². The summed E-state index contributed by atoms with van der Waals surface area (Å²) >= 11 is 0. The summed E-state index contributed by atoms with van der Waals surface area (Å²) in [5.41, 5.74) is 6.61. The van der Waals surface area contributed by atoms with E-state index in [9.17, 15) is 0 Å². The highest BCUT2D eigenvalue weighted by atomic mass is 16.8. The molecular weight excluding hydrogens is 144 g/mol. The van der Waals surface area contributed by atoms with Crippen molar-refractivity contribution >= 4 is 5.69 Å². The Labute approximate surface area is 64.4 Å². The van der Waals surface area contributed by atoms with Gasteiger partial charge in [-0.2, -0.15) is 0 Å². The highest BCUT2D eigenvalue weighted by Gasteiger charge is 1.96. The van der Waals surface area contributed by atoms with Crippen LogP contribution in [0.2, 0.25) is 0 Å². The van der Waals surface area contributed by atoms with Gasteiger partial charge >= 0.3 is 0 Å². The molecule has 0 spiro atoms. The van der Waals surface area contributed by atoms with E-state index in [0.717, 1.165) is 5.56 Å². The van der Waals surface area contributed by atoms with Gasteiger partial charge in [0.05, 0.1) is 5.69 Å². The highest BCUT2D eigenvalue weighted by molar-refractivity contribution is 5.42. The molecule has 4 nitrogen and oxygen atoms in total. The van der Waals surface area contributed by atoms with Crippen LogP contribution in [0.4, 0.5) is 5.69 Å². The molecule has 4 N–H and O–H groups in total. The van der Waals surface area contributed by atoms with Crippen LogP contribution in [0, 0.1) is 0 Å². The number of nitrogens with two attached hydrogens (primary N) is 1. The highest BCUT2D eigenvalue weighted by Crippen LogP contribution is 2.10. The molecule has 11 heavy (non-hydrogen) atoms. The molecule has 0 heterocycles. The Morgan fingerprint density at radius 2 is 1.73 bits per heavy atom. The summed E-state index contributed by atoms with van der Waals surface area (Å²) in [7, 11) is 0. The van der Waals surface area contributed by atoms with Crippen molar-refractivity contribution in [1.29, 1.82) is 0 Å². The van der Waals surface area contributed by atoms with E-state index in [1.54, 1.807) is 24.3 Å². The number of anilines is 1. The third kappa shape index (κ3) is 1.91. The Morgan fingerprint density at radius 3 is 2.09 bits per heavy atom. The zero-order valence-electron chi connectivity index (χ0n) is 5.94. The van der Waals surface area contributed by atoms with Crippen molar-refractivity contribution in [2.45, 2.75) is 6.54 Å². The molecule has 1 aromatic carbocycles. The van der Waals surface area contributed by atoms with Crippen LogP contribution in [-0.2, 0) is 6.54 Å². The lowest BCUT2D eigenvalue weighted by atomic mass is 10.2. The lowest BCUT2D eigenvalue weighted by molar-refractivity contribution is 0.0291. The van der Waals surface area contributed by atoms with Crippen molar-refractivity contribution in [3.63, 3.8) is 0 Å². The second-order valence-corrected chi connectivity index (χ2v) is 2.16. The molecule has 60 valence electrons. The van der Waals surface area contributed by atoms with Crippen LogP contribution in [-0.4, -0.2) is 10.4 Å². The number of benzene rings is 1. The van der Waals surface area contributed by atoms with E-state index in [1.807, 2.05) is 0 Å². The van der Waals surface area contributed by atoms with Gasteiger partial charge in [-0.3, -0.25) is 10.4 Å². The van der Waals surface area contributed by atoms with E-state index >= 15 is 0 Å². The van der Waals surface area contributed by atoms with Crippen molar-refractivity contribution in [3.8, 4) is 0 Å². The molecule has 0 unspecified atom stereocenters. The molecule has 0 aliphatic heterocycles. The average molecular weight is 154 g/mol. The van der Waals surface area contributed by atoms with Crippen LogP contribution in [0.5, 0.6) is 0 Å². The van der Waals surface area contributed by atoms with Gasteiger partial charge in [-0.15, -0.1) is 5.23 Å². The fourth-order valence-corrected chi connectivity index (χ4v) is 0.765. The molecule has 1 rings (SSSR count). The largest absolute Gasteiger partial charge is 0.326 e. The molecule has 0 aliphatic carbocycles. The predicted molar refractivity (Wildman–Crippen MR) is 40.4 cm³/mol. The van der Waals surface area contributed by atoms with Gasteiger partial charge in [-0.05, 0) is 17.7 Å². The van der Waals surface area contributed by atoms with Gasteiger partial charge in [0.2, 0.25) is 0 Å². The predicted octanol–water partition coefficient (Wildman–Crippen LogP) is 0.730. The van der Waals surface area contributed by atoms with E-state index in [4.69, 9.17) is 16.1 Å². The Balaban J connectivity index is 2.83. The minimum Gasteiger partial charge on any atom is -0.326 e. The number of hydrogen-bond acceptors (Lipinski definition) is 4. The Morgan fingerprint density at radius 1 is 1.18 bits per heavy atom. The zero-order valence-corrected chi connectivity index (χ0v) is 5.94. The zero-order chi connectivity index (χ0) is 8.27. The maximum atomic E-state index is 8.54. The first-order chi connectivity index (χ1) is 5.24. The summed E-state index contributed by atoms with van der Waals surface area (Å²) in [6.07, 6.45) is 0. The minimum atomic E-state index is 0.0697. The topological polar surface area (TPSA) is 69.7 Å². The van der Waals surface area contributed by atoms with Gasteiger partial charge in [0, 0.05) is 6.54 Å². The molecule has 4 heteroatoms. The fourth-order valence-electron chi connectivity index (χ4n) is 0.765. The number of rotatable bonds is 2. The molecule has 0 atom stereocenters. The van der Waals surface area contributed by atoms with Crippen LogP contribution in [0.1, 0.15) is 5.56 Å². The second-order valence-electron chi connectivity index (χ2n) is 2.16. The molecule has 0 saturated carbocycles. The monoisotopic (exact) mass is 154 g/mol. The first-order valence-electron chi connectivity index (χ1n) is 3.21. The summed E-state index contributed by atoms with van der Waals surface area (Å²) in [4.78, 5) is 0. The number of nitrogens with zero attached hydrogens (tertiary/aromatic N) is 1. The number of hydrogen-bond donors (Lipinski definition) is 3. The van der Waals surface area contributed by atoms with Gasteiger partial charge in [0.25, 0.3) is 0 Å². The van der Waals surface area contributed by atoms with Crippen molar-refractivity contribution in [1.82, 2.24) is 0 Å². The van der Waals surface area contributed by atoms with Gasteiger partial charge in [0.15, 0.2) is 0 Å². The van der Waals surface area contributed by atoms with Crippen LogP contribution in [0.15, 0.2) is 24.3 Å². The summed E-state index contributed by atoms with van der Waals surface area (Å²) in [5, 5.41) is 17.2. The average Bonchev–Trinajstić information content (AvgIpc) is 2.05. The Kier molecular flexibility index (Phi) is 2.43. The van der Waals surface area contributed by atoms with E-state index < -0.39 is 0 Å². The molecule has 0 aromatic heterocycles. The molecule has 0 saturated heterocycles. The third-order valence-corrected chi connectivity index (χ3v) is 1.40. The second kappa shape index (κ2) is 3.34. The third-order valence-electron chi connectivity index (χ3n) is 1.40. The minimum absolute atomic E-state index is 0.0697. The summed E-state index contributed by atoms with van der Waals surface area (Å²) < 4.78 is 0. The lowest BCUT2D eigenvalue weighted by Gasteiger charge is -2.07. The van der Waals surface area contributed by atoms with Crippen LogP contribution >= 0.6 is 0 Å². The molecule has 0 fully saturated rings. The maximum Gasteiger partial charge on any atom is 0.0942 e. The first-order valence-corrected chi connectivity index (χ1v) is 3.21. The molecule has 0 bridgehead atoms. The summed E-state index contributed by atoms with van der Waals surface area (Å²) in [6.45, 7) is 0.455. The van der Waals surface area contributed by atoms with Gasteiger partial charge in [-0.25, -0.2) is 0 Å². The molecule has 0 aliphatic rings. The van der Waals surface area contributed by atoms with Crippen molar-refractivity contribution in [2.24, 2.45) is 5.73 Å². The molecular formula is C7H10N2O2. The van der Waals surface area contributed by atoms with E-state index in [1.165, 1.54) is 0 Å². The standard InChI is InChI=1S/C7H10N2O2/c8-5-6-1-3-7(4-2-6)9(10)11/h1-4,10-11H,5,8H2. The van der Waals surface area contributed by atoms with Crippen LogP contribution < -0.4 is 11.0 Å². The first kappa shape index (κ1) is 8.00. The van der Waals surface area contributed by atoms with E-state index in [2.05, 4.69) is 0 Å². The molecule has 0 radical (unpaired) electrons. The van der Waals surface area contributed by atoms with E-state index in [0.29, 0.717) is 12.2 Å². The summed E-state index contributed by atoms with van der Waals surface area (Å²) in [6, 6.07) is 6.61. The van der Waals surface area contributed by atoms with Crippen molar-refractivity contribution in [2.75, 3.05) is 5.23 Å². The quantitative estimate of drug-likeness (QED) is 0.549. The van der Waals surface area contributed by atoms with Crippen LogP contribution in [0.3, 0.4) is 0 Å². The molecule has 0 amide bonds. The van der Waals surface area contributed by atoms with Gasteiger partial charge in [0.1, 0.15) is 0 Å². The summed E-state index contributed by atoms with van der Waals surface area (Å²) in [5.74, 6) is 0. The molecule has 1 aromatic rings. The van der Waals surface area contributed by atoms with Crippen molar-refractivity contribution in [3.05, 3.63) is 29.8 Å². The lowest BCUT2D eigenvalue weighted by Crippen LogP contribution is -2.10. The fraction of sp³-hybridized carbons (Fsp3) is 0.143. The smallest absolute Gasteiger partial charge is 0.0942 e. The SMILES string of the molecule is NCc1ccc(N(O)O)cc1. The Hall–Kier alpha value is -1.10. The van der Waals surface area contributed by atoms with Gasteiger partial charge in [-0.1, -0.05) is 12.1 Å². The maximum absolute atomic E-state index is 8.54.